The van der Waals surface area contributed by atoms with Crippen LogP contribution in [-0.2, 0) is 11.8 Å². The van der Waals surface area contributed by atoms with E-state index in [9.17, 15) is 14.4 Å². The van der Waals surface area contributed by atoms with Crippen molar-refractivity contribution >= 4 is 17.6 Å². The Morgan fingerprint density at radius 2 is 1.81 bits per heavy atom. The van der Waals surface area contributed by atoms with Crippen molar-refractivity contribution in [3.8, 4) is 0 Å². The lowest BCUT2D eigenvalue weighted by molar-refractivity contribution is -0.129. The molecule has 0 atom stereocenters. The Hall–Kier alpha value is -2.11. The first kappa shape index (κ1) is 15.3. The van der Waals surface area contributed by atoms with Gasteiger partial charge < -0.3 is 14.8 Å². The van der Waals surface area contributed by atoms with Crippen molar-refractivity contribution in [3.05, 3.63) is 23.5 Å². The number of carbonyl (C=O) groups excluding carboxylic acids is 3. The minimum absolute atomic E-state index is 0.0561. The lowest BCUT2D eigenvalue weighted by Crippen LogP contribution is -2.46. The van der Waals surface area contributed by atoms with Gasteiger partial charge in [-0.2, -0.15) is 0 Å². The highest BCUT2D eigenvalue weighted by Gasteiger charge is 2.23. The monoisotopic (exact) mass is 291 g/mol. The van der Waals surface area contributed by atoms with Gasteiger partial charge in [0.2, 0.25) is 5.91 Å². The number of Topliss-reactive ketones (excluding diaryl/α,β-unsaturated/α-hetero) is 1. The van der Waals surface area contributed by atoms with Crippen LogP contribution >= 0.6 is 0 Å². The van der Waals surface area contributed by atoms with E-state index in [1.165, 1.54) is 6.92 Å². The minimum Gasteiger partial charge on any atom is -0.348 e. The second-order valence-corrected chi connectivity index (χ2v) is 5.53. The van der Waals surface area contributed by atoms with E-state index >= 15 is 0 Å². The average Bonchev–Trinajstić information content (AvgIpc) is 2.81. The van der Waals surface area contributed by atoms with E-state index < -0.39 is 0 Å². The number of nitrogens with one attached hydrogen (secondary N) is 1. The number of amides is 2. The van der Waals surface area contributed by atoms with Gasteiger partial charge in [-0.3, -0.25) is 14.4 Å². The molecule has 0 aromatic carbocycles. The number of aromatic nitrogens is 1. The molecule has 1 fully saturated rings. The molecule has 1 N–H and O–H groups in total. The summed E-state index contributed by atoms with van der Waals surface area (Å²) in [5, 5.41) is 2.98. The largest absolute Gasteiger partial charge is 0.348 e. The Kier molecular flexibility index (Phi) is 4.45. The molecular formula is C15H21N3O3. The summed E-state index contributed by atoms with van der Waals surface area (Å²) in [5.41, 5.74) is 1.02. The smallest absolute Gasteiger partial charge is 0.268 e. The van der Waals surface area contributed by atoms with Crippen LogP contribution in [0, 0.1) is 0 Å². The van der Waals surface area contributed by atoms with Gasteiger partial charge in [-0.1, -0.05) is 0 Å². The van der Waals surface area contributed by atoms with Crippen molar-refractivity contribution in [2.24, 2.45) is 7.05 Å². The lowest BCUT2D eigenvalue weighted by Gasteiger charge is -2.31. The van der Waals surface area contributed by atoms with Crippen LogP contribution < -0.4 is 5.32 Å². The van der Waals surface area contributed by atoms with Crippen LogP contribution in [0.4, 0.5) is 0 Å². The molecule has 1 aliphatic rings. The molecule has 2 amide bonds. The van der Waals surface area contributed by atoms with Gasteiger partial charge in [-0.15, -0.1) is 0 Å². The molecule has 1 aromatic heterocycles. The minimum atomic E-state index is -0.175. The van der Waals surface area contributed by atoms with E-state index in [2.05, 4.69) is 5.32 Å². The van der Waals surface area contributed by atoms with E-state index in [1.807, 2.05) is 0 Å². The number of ketones is 1. The van der Waals surface area contributed by atoms with Crippen LogP contribution in [0.25, 0.3) is 0 Å². The fourth-order valence-electron chi connectivity index (χ4n) is 2.58. The van der Waals surface area contributed by atoms with Crippen LogP contribution in [0.5, 0.6) is 0 Å². The maximum Gasteiger partial charge on any atom is 0.268 e. The maximum atomic E-state index is 12.3. The van der Waals surface area contributed by atoms with Crippen molar-refractivity contribution in [3.63, 3.8) is 0 Å². The van der Waals surface area contributed by atoms with Gasteiger partial charge >= 0.3 is 0 Å². The number of aryl methyl sites for hydroxylation is 1. The zero-order valence-corrected chi connectivity index (χ0v) is 12.7. The number of likely N-dealkylation sites (tertiary alicyclic amines) is 1. The highest BCUT2D eigenvalue weighted by molar-refractivity contribution is 5.99. The van der Waals surface area contributed by atoms with Crippen molar-refractivity contribution in [1.82, 2.24) is 14.8 Å². The molecule has 114 valence electrons. The van der Waals surface area contributed by atoms with E-state index in [1.54, 1.807) is 35.7 Å². The second-order valence-electron chi connectivity index (χ2n) is 5.53. The Morgan fingerprint density at radius 1 is 1.19 bits per heavy atom. The SMILES string of the molecule is CC(=O)c1cc(C(=O)NC2CCN(C(C)=O)CC2)n(C)c1. The standard InChI is InChI=1S/C15H21N3O3/c1-10(19)12-8-14(17(3)9-12)15(21)16-13-4-6-18(7-5-13)11(2)20/h8-9,13H,4-7H2,1-3H3,(H,16,21). The maximum absolute atomic E-state index is 12.3. The fraction of sp³-hybridized carbons (Fsp3) is 0.533. The fourth-order valence-corrected chi connectivity index (χ4v) is 2.58. The van der Waals surface area contributed by atoms with Gasteiger partial charge in [-0.05, 0) is 25.8 Å². The molecule has 0 aliphatic carbocycles. The van der Waals surface area contributed by atoms with Gasteiger partial charge in [0.05, 0.1) is 0 Å². The van der Waals surface area contributed by atoms with E-state index in [0.29, 0.717) is 24.3 Å². The number of piperidine rings is 1. The molecule has 6 nitrogen and oxygen atoms in total. The third-order valence-electron chi connectivity index (χ3n) is 3.92. The zero-order chi connectivity index (χ0) is 15.6. The normalized spacial score (nSPS) is 15.9. The molecule has 1 aromatic rings. The molecule has 0 bridgehead atoms. The third kappa shape index (κ3) is 3.51. The Labute approximate surface area is 124 Å². The summed E-state index contributed by atoms with van der Waals surface area (Å²) in [6, 6.07) is 1.69. The number of hydrogen-bond acceptors (Lipinski definition) is 3. The second kappa shape index (κ2) is 6.11. The third-order valence-corrected chi connectivity index (χ3v) is 3.92. The highest BCUT2D eigenvalue weighted by Crippen LogP contribution is 2.13. The molecule has 2 heterocycles. The number of carbonyl (C=O) groups is 3. The van der Waals surface area contributed by atoms with Gasteiger partial charge in [0, 0.05) is 44.9 Å². The van der Waals surface area contributed by atoms with E-state index in [0.717, 1.165) is 12.8 Å². The molecule has 2 rings (SSSR count). The quantitative estimate of drug-likeness (QED) is 0.843. The van der Waals surface area contributed by atoms with Crippen LogP contribution in [0.2, 0.25) is 0 Å². The van der Waals surface area contributed by atoms with Crippen molar-refractivity contribution in [2.75, 3.05) is 13.1 Å². The predicted molar refractivity (Wildman–Crippen MR) is 78.2 cm³/mol. The van der Waals surface area contributed by atoms with Crippen LogP contribution in [0.3, 0.4) is 0 Å². The summed E-state index contributed by atoms with van der Waals surface area (Å²) in [4.78, 5) is 36.7. The van der Waals surface area contributed by atoms with Gasteiger partial charge in [-0.25, -0.2) is 0 Å². The summed E-state index contributed by atoms with van der Waals surface area (Å²) in [7, 11) is 1.75. The molecule has 1 aliphatic heterocycles. The summed E-state index contributed by atoms with van der Waals surface area (Å²) in [6.45, 7) is 4.39. The Balaban J connectivity index is 1.96. The Bertz CT molecular complexity index is 569. The van der Waals surface area contributed by atoms with E-state index in [4.69, 9.17) is 0 Å². The summed E-state index contributed by atoms with van der Waals surface area (Å²) in [5.74, 6) is -0.154. The average molecular weight is 291 g/mol. The van der Waals surface area contributed by atoms with Crippen LogP contribution in [0.1, 0.15) is 47.5 Å². The highest BCUT2D eigenvalue weighted by atomic mass is 16.2. The summed E-state index contributed by atoms with van der Waals surface area (Å²) in [6.07, 6.45) is 3.18. The van der Waals surface area contributed by atoms with Gasteiger partial charge in [0.15, 0.2) is 5.78 Å². The van der Waals surface area contributed by atoms with Crippen LogP contribution in [0.15, 0.2) is 12.3 Å². The van der Waals surface area contributed by atoms with Crippen molar-refractivity contribution < 1.29 is 14.4 Å². The number of hydrogen-bond donors (Lipinski definition) is 1. The predicted octanol–water partition coefficient (Wildman–Crippen LogP) is 0.968. The molecule has 0 spiro atoms. The summed E-state index contributed by atoms with van der Waals surface area (Å²) >= 11 is 0. The zero-order valence-electron chi connectivity index (χ0n) is 12.7. The molecule has 0 radical (unpaired) electrons. The van der Waals surface area contributed by atoms with E-state index in [-0.39, 0.29) is 23.6 Å². The topological polar surface area (TPSA) is 71.4 Å². The first-order valence-corrected chi connectivity index (χ1v) is 7.12. The first-order valence-electron chi connectivity index (χ1n) is 7.12. The molecule has 1 saturated heterocycles. The molecule has 0 unspecified atom stereocenters. The van der Waals surface area contributed by atoms with Crippen molar-refractivity contribution in [1.29, 1.82) is 0 Å². The number of nitrogens with zero attached hydrogens (tertiary/aromatic N) is 2. The molecule has 6 heteroatoms. The molecule has 21 heavy (non-hydrogen) atoms. The molecular weight excluding hydrogens is 270 g/mol. The Morgan fingerprint density at radius 3 is 2.29 bits per heavy atom. The van der Waals surface area contributed by atoms with Crippen LogP contribution in [-0.4, -0.2) is 46.2 Å². The van der Waals surface area contributed by atoms with Gasteiger partial charge in [0.1, 0.15) is 5.69 Å². The first-order chi connectivity index (χ1) is 9.88. The van der Waals surface area contributed by atoms with Crippen molar-refractivity contribution in [2.45, 2.75) is 32.7 Å². The summed E-state index contributed by atoms with van der Waals surface area (Å²) < 4.78 is 1.66. The molecule has 0 saturated carbocycles. The number of rotatable bonds is 3. The van der Waals surface area contributed by atoms with Gasteiger partial charge in [0.25, 0.3) is 5.91 Å². The lowest BCUT2D eigenvalue weighted by atomic mass is 10.0.